The third kappa shape index (κ3) is 2.88. The van der Waals surface area contributed by atoms with Crippen LogP contribution in [0.25, 0.3) is 0 Å². The number of nitrogens with two attached hydrogens (primary N) is 1. The van der Waals surface area contributed by atoms with E-state index in [1.54, 1.807) is 0 Å². The summed E-state index contributed by atoms with van der Waals surface area (Å²) in [6.45, 7) is 1.70. The second-order valence-corrected chi connectivity index (χ2v) is 4.92. The normalized spacial score (nSPS) is 31.2. The van der Waals surface area contributed by atoms with Crippen molar-refractivity contribution in [2.24, 2.45) is 5.73 Å². The summed E-state index contributed by atoms with van der Waals surface area (Å²) in [5.41, 5.74) is 5.96. The fourth-order valence-electron chi connectivity index (χ4n) is 2.55. The molecule has 0 radical (unpaired) electrons. The van der Waals surface area contributed by atoms with Gasteiger partial charge in [-0.25, -0.2) is 4.79 Å². The average Bonchev–Trinajstić information content (AvgIpc) is 2.33. The lowest BCUT2D eigenvalue weighted by Crippen LogP contribution is -2.44. The number of amides is 1. The highest BCUT2D eigenvalue weighted by Crippen LogP contribution is 2.21. The Morgan fingerprint density at radius 3 is 2.44 bits per heavy atom. The standard InChI is InChI=1S/C12H22N2O2/c13-10-6-2-3-7-11(10)16-12(15)14-8-4-1-5-9-14/h10-11H,1-9,13H2. The highest BCUT2D eigenvalue weighted by Gasteiger charge is 2.27. The van der Waals surface area contributed by atoms with Gasteiger partial charge in [-0.3, -0.25) is 0 Å². The van der Waals surface area contributed by atoms with E-state index in [4.69, 9.17) is 10.5 Å². The molecule has 2 rings (SSSR count). The molecule has 2 atom stereocenters. The largest absolute Gasteiger partial charge is 0.444 e. The number of carbonyl (C=O) groups is 1. The van der Waals surface area contributed by atoms with Crippen LogP contribution in [0.1, 0.15) is 44.9 Å². The Morgan fingerprint density at radius 1 is 1.06 bits per heavy atom. The molecule has 2 unspecified atom stereocenters. The third-order valence-corrected chi connectivity index (χ3v) is 3.62. The van der Waals surface area contributed by atoms with Crippen LogP contribution in [0.15, 0.2) is 0 Å². The van der Waals surface area contributed by atoms with Gasteiger partial charge < -0.3 is 15.4 Å². The smallest absolute Gasteiger partial charge is 0.410 e. The van der Waals surface area contributed by atoms with Crippen molar-refractivity contribution >= 4 is 6.09 Å². The maximum absolute atomic E-state index is 11.9. The molecule has 0 aromatic carbocycles. The molecule has 4 heteroatoms. The zero-order valence-corrected chi connectivity index (χ0v) is 9.86. The van der Waals surface area contributed by atoms with Crippen LogP contribution in [0.4, 0.5) is 4.79 Å². The molecule has 0 bridgehead atoms. The van der Waals surface area contributed by atoms with Crippen LogP contribution >= 0.6 is 0 Å². The van der Waals surface area contributed by atoms with E-state index in [0.29, 0.717) is 0 Å². The van der Waals surface area contributed by atoms with Crippen molar-refractivity contribution in [3.8, 4) is 0 Å². The van der Waals surface area contributed by atoms with Crippen LogP contribution in [0.5, 0.6) is 0 Å². The van der Waals surface area contributed by atoms with E-state index >= 15 is 0 Å². The molecule has 4 nitrogen and oxygen atoms in total. The Hall–Kier alpha value is -0.770. The number of hydrogen-bond acceptors (Lipinski definition) is 3. The minimum atomic E-state index is -0.151. The fourth-order valence-corrected chi connectivity index (χ4v) is 2.55. The van der Waals surface area contributed by atoms with Crippen LogP contribution in [-0.4, -0.2) is 36.2 Å². The number of rotatable bonds is 1. The zero-order valence-electron chi connectivity index (χ0n) is 9.86. The maximum Gasteiger partial charge on any atom is 0.410 e. The lowest BCUT2D eigenvalue weighted by molar-refractivity contribution is 0.0323. The molecule has 2 aliphatic rings. The Morgan fingerprint density at radius 2 is 1.75 bits per heavy atom. The van der Waals surface area contributed by atoms with Gasteiger partial charge in [0.25, 0.3) is 0 Å². The number of carbonyl (C=O) groups excluding carboxylic acids is 1. The first-order chi connectivity index (χ1) is 7.77. The van der Waals surface area contributed by atoms with Gasteiger partial charge in [0.05, 0.1) is 0 Å². The van der Waals surface area contributed by atoms with Gasteiger partial charge in [-0.05, 0) is 38.5 Å². The molecule has 0 aromatic heterocycles. The van der Waals surface area contributed by atoms with E-state index in [2.05, 4.69) is 0 Å². The van der Waals surface area contributed by atoms with Crippen LogP contribution in [0.3, 0.4) is 0 Å². The summed E-state index contributed by atoms with van der Waals surface area (Å²) in [6.07, 6.45) is 7.44. The van der Waals surface area contributed by atoms with Crippen molar-refractivity contribution < 1.29 is 9.53 Å². The van der Waals surface area contributed by atoms with Gasteiger partial charge in [-0.2, -0.15) is 0 Å². The molecule has 1 amide bonds. The molecule has 16 heavy (non-hydrogen) atoms. The van der Waals surface area contributed by atoms with E-state index in [1.807, 2.05) is 4.90 Å². The van der Waals surface area contributed by atoms with Gasteiger partial charge >= 0.3 is 6.09 Å². The summed E-state index contributed by atoms with van der Waals surface area (Å²) in [6, 6.07) is 0.0440. The minimum Gasteiger partial charge on any atom is -0.444 e. The topological polar surface area (TPSA) is 55.6 Å². The summed E-state index contributed by atoms with van der Waals surface area (Å²) in [5, 5.41) is 0. The Labute approximate surface area is 97.1 Å². The second kappa shape index (κ2) is 5.53. The van der Waals surface area contributed by atoms with E-state index in [-0.39, 0.29) is 18.2 Å². The first kappa shape index (κ1) is 11.7. The van der Waals surface area contributed by atoms with Crippen molar-refractivity contribution in [3.05, 3.63) is 0 Å². The number of likely N-dealkylation sites (tertiary alicyclic amines) is 1. The molecule has 2 N–H and O–H groups in total. The molecule has 1 saturated heterocycles. The summed E-state index contributed by atoms with van der Waals surface area (Å²) < 4.78 is 5.51. The van der Waals surface area contributed by atoms with Crippen molar-refractivity contribution in [1.29, 1.82) is 0 Å². The second-order valence-electron chi connectivity index (χ2n) is 4.92. The number of piperidine rings is 1. The average molecular weight is 226 g/mol. The molecular formula is C12H22N2O2. The number of hydrogen-bond donors (Lipinski definition) is 1. The maximum atomic E-state index is 11.9. The van der Waals surface area contributed by atoms with Crippen LogP contribution in [-0.2, 0) is 4.74 Å². The lowest BCUT2D eigenvalue weighted by atomic mass is 9.93. The Kier molecular flexibility index (Phi) is 4.04. The quantitative estimate of drug-likeness (QED) is 0.742. The molecule has 0 aromatic rings. The predicted octanol–water partition coefficient (Wildman–Crippen LogP) is 1.88. The summed E-state index contributed by atoms with van der Waals surface area (Å²) >= 11 is 0. The SMILES string of the molecule is NC1CCCCC1OC(=O)N1CCCCC1. The predicted molar refractivity (Wildman–Crippen MR) is 62.1 cm³/mol. The van der Waals surface area contributed by atoms with Crippen LogP contribution in [0.2, 0.25) is 0 Å². The Balaban J connectivity index is 1.80. The molecule has 2 fully saturated rings. The summed E-state index contributed by atoms with van der Waals surface area (Å²) in [5.74, 6) is 0. The van der Waals surface area contributed by atoms with Crippen molar-refractivity contribution in [2.75, 3.05) is 13.1 Å². The minimum absolute atomic E-state index is 0.0440. The van der Waals surface area contributed by atoms with Gasteiger partial charge in [0, 0.05) is 19.1 Å². The zero-order chi connectivity index (χ0) is 11.4. The van der Waals surface area contributed by atoms with Crippen molar-refractivity contribution in [1.82, 2.24) is 4.90 Å². The van der Waals surface area contributed by atoms with Crippen LogP contribution < -0.4 is 5.73 Å². The molecule has 1 saturated carbocycles. The van der Waals surface area contributed by atoms with Crippen molar-refractivity contribution in [2.45, 2.75) is 57.1 Å². The lowest BCUT2D eigenvalue weighted by Gasteiger charge is -2.32. The van der Waals surface area contributed by atoms with Gasteiger partial charge in [0.15, 0.2) is 0 Å². The van der Waals surface area contributed by atoms with E-state index < -0.39 is 0 Å². The number of ether oxygens (including phenoxy) is 1. The van der Waals surface area contributed by atoms with E-state index in [0.717, 1.165) is 45.2 Å². The van der Waals surface area contributed by atoms with E-state index in [1.165, 1.54) is 12.8 Å². The molecule has 1 heterocycles. The first-order valence-electron chi connectivity index (χ1n) is 6.48. The van der Waals surface area contributed by atoms with Gasteiger partial charge in [-0.1, -0.05) is 6.42 Å². The van der Waals surface area contributed by atoms with Crippen molar-refractivity contribution in [3.63, 3.8) is 0 Å². The van der Waals surface area contributed by atoms with Gasteiger partial charge in [0.2, 0.25) is 0 Å². The highest BCUT2D eigenvalue weighted by molar-refractivity contribution is 5.68. The number of nitrogens with zero attached hydrogens (tertiary/aromatic N) is 1. The fraction of sp³-hybridized carbons (Fsp3) is 0.917. The molecular weight excluding hydrogens is 204 g/mol. The summed E-state index contributed by atoms with van der Waals surface area (Å²) in [4.78, 5) is 13.7. The van der Waals surface area contributed by atoms with E-state index in [9.17, 15) is 4.79 Å². The Bertz CT molecular complexity index is 239. The van der Waals surface area contributed by atoms with Crippen LogP contribution in [0, 0.1) is 0 Å². The molecule has 1 aliphatic heterocycles. The molecule has 92 valence electrons. The van der Waals surface area contributed by atoms with Gasteiger partial charge in [0.1, 0.15) is 6.10 Å². The third-order valence-electron chi connectivity index (χ3n) is 3.62. The monoisotopic (exact) mass is 226 g/mol. The van der Waals surface area contributed by atoms with Gasteiger partial charge in [-0.15, -0.1) is 0 Å². The summed E-state index contributed by atoms with van der Waals surface area (Å²) in [7, 11) is 0. The first-order valence-corrected chi connectivity index (χ1v) is 6.48. The molecule has 1 aliphatic carbocycles. The molecule has 0 spiro atoms. The highest BCUT2D eigenvalue weighted by atomic mass is 16.6.